The van der Waals surface area contributed by atoms with Crippen LogP contribution >= 0.6 is 0 Å². The molecule has 1 aliphatic carbocycles. The van der Waals surface area contributed by atoms with Gasteiger partial charge in [0.1, 0.15) is 6.26 Å². The second-order valence-corrected chi connectivity index (χ2v) is 10.5. The Morgan fingerprint density at radius 3 is 2.52 bits per heavy atom. The number of hydrogen-bond acceptors (Lipinski definition) is 6. The molecule has 2 amide bonds. The molecule has 40 heavy (non-hydrogen) atoms. The fourth-order valence-corrected chi connectivity index (χ4v) is 5.64. The van der Waals surface area contributed by atoms with Crippen molar-refractivity contribution in [3.8, 4) is 11.5 Å². The van der Waals surface area contributed by atoms with Gasteiger partial charge in [-0.25, -0.2) is 4.98 Å². The summed E-state index contributed by atoms with van der Waals surface area (Å²) in [5.74, 6) is -0.592. The highest BCUT2D eigenvalue weighted by Crippen LogP contribution is 2.40. The van der Waals surface area contributed by atoms with Crippen LogP contribution in [-0.2, 0) is 16.6 Å². The molecule has 2 heterocycles. The van der Waals surface area contributed by atoms with E-state index in [1.54, 1.807) is 6.20 Å². The average molecular weight is 557 g/mol. The molecule has 1 saturated heterocycles. The van der Waals surface area contributed by atoms with Crippen molar-refractivity contribution in [2.45, 2.75) is 56.0 Å². The third kappa shape index (κ3) is 6.37. The summed E-state index contributed by atoms with van der Waals surface area (Å²) in [4.78, 5) is 31.2. The maximum Gasteiger partial charge on any atom is 0.416 e. The van der Waals surface area contributed by atoms with E-state index in [0.717, 1.165) is 55.1 Å². The average Bonchev–Trinajstić information content (AvgIpc) is 3.65. The van der Waals surface area contributed by atoms with Crippen molar-refractivity contribution in [2.24, 2.45) is 0 Å². The Bertz CT molecular complexity index is 1320. The van der Waals surface area contributed by atoms with Crippen molar-refractivity contribution in [3.05, 3.63) is 77.7 Å². The summed E-state index contributed by atoms with van der Waals surface area (Å²) in [6.07, 6.45) is 2.23. The Labute approximate surface area is 229 Å². The maximum atomic E-state index is 12.9. The lowest BCUT2D eigenvalue weighted by Crippen LogP contribution is -2.45. The third-order valence-corrected chi connectivity index (χ3v) is 7.85. The standard InChI is InChI=1S/C29H31F3N4O4/c30-29(31,32)22-3-1-2-20(16-22)26(38)34-17-25(37)35-23-10-14-36(18-23)24-8-11-28(39,12-9-24)21-6-4-19(5-7-21)27-33-13-15-40-27/h1-7,13,15-16,23-24,39H,8-12,14,17-18H2,(H,34,38)(H,35,37). The summed E-state index contributed by atoms with van der Waals surface area (Å²) in [6, 6.07) is 12.0. The number of benzene rings is 2. The van der Waals surface area contributed by atoms with Gasteiger partial charge in [-0.05, 0) is 68.0 Å². The van der Waals surface area contributed by atoms with Crippen LogP contribution in [0.2, 0.25) is 0 Å². The molecule has 3 aromatic rings. The van der Waals surface area contributed by atoms with Crippen LogP contribution < -0.4 is 10.6 Å². The lowest BCUT2D eigenvalue weighted by Gasteiger charge is -2.40. The predicted molar refractivity (Wildman–Crippen MR) is 140 cm³/mol. The fourth-order valence-electron chi connectivity index (χ4n) is 5.64. The van der Waals surface area contributed by atoms with Crippen LogP contribution in [0.4, 0.5) is 13.2 Å². The minimum Gasteiger partial charge on any atom is -0.445 e. The number of likely N-dealkylation sites (tertiary alicyclic amines) is 1. The number of aliphatic hydroxyl groups is 1. The Hall–Kier alpha value is -3.70. The summed E-state index contributed by atoms with van der Waals surface area (Å²) in [6.45, 7) is 1.16. The second kappa shape index (κ2) is 11.4. The van der Waals surface area contributed by atoms with E-state index in [0.29, 0.717) is 31.3 Å². The molecule has 3 N–H and O–H groups in total. The van der Waals surface area contributed by atoms with E-state index in [-0.39, 0.29) is 18.2 Å². The molecule has 11 heteroatoms. The Morgan fingerprint density at radius 2 is 1.85 bits per heavy atom. The van der Waals surface area contributed by atoms with Gasteiger partial charge < -0.3 is 20.2 Å². The summed E-state index contributed by atoms with van der Waals surface area (Å²) in [5.41, 5.74) is -0.238. The minimum absolute atomic E-state index is 0.0819. The first-order valence-corrected chi connectivity index (χ1v) is 13.3. The molecule has 1 saturated carbocycles. The molecule has 8 nitrogen and oxygen atoms in total. The molecular weight excluding hydrogens is 525 g/mol. The van der Waals surface area contributed by atoms with Gasteiger partial charge in [0, 0.05) is 36.3 Å². The Morgan fingerprint density at radius 1 is 1.10 bits per heavy atom. The normalized spacial score (nSPS) is 23.6. The van der Waals surface area contributed by atoms with Crippen LogP contribution in [0.1, 0.15) is 53.6 Å². The molecule has 0 bridgehead atoms. The molecule has 0 radical (unpaired) electrons. The molecule has 1 unspecified atom stereocenters. The van der Waals surface area contributed by atoms with Crippen LogP contribution in [0.5, 0.6) is 0 Å². The fraction of sp³-hybridized carbons (Fsp3) is 0.414. The van der Waals surface area contributed by atoms with Crippen LogP contribution in [0.25, 0.3) is 11.5 Å². The quantitative estimate of drug-likeness (QED) is 0.404. The number of hydrogen-bond donors (Lipinski definition) is 3. The topological polar surface area (TPSA) is 108 Å². The number of aromatic nitrogens is 1. The zero-order chi connectivity index (χ0) is 28.3. The number of oxazole rings is 1. The van der Waals surface area contributed by atoms with Crippen LogP contribution in [0.15, 0.2) is 65.4 Å². The number of nitrogens with zero attached hydrogens (tertiary/aromatic N) is 2. The van der Waals surface area contributed by atoms with Gasteiger partial charge in [0.2, 0.25) is 11.8 Å². The summed E-state index contributed by atoms with van der Waals surface area (Å²) in [7, 11) is 0. The van der Waals surface area contributed by atoms with Gasteiger partial charge in [0.25, 0.3) is 5.91 Å². The lowest BCUT2D eigenvalue weighted by atomic mass is 9.77. The molecule has 2 aliphatic rings. The van der Waals surface area contributed by atoms with Crippen molar-refractivity contribution in [1.82, 2.24) is 20.5 Å². The highest BCUT2D eigenvalue weighted by Gasteiger charge is 2.38. The van der Waals surface area contributed by atoms with E-state index in [1.807, 2.05) is 24.3 Å². The molecule has 2 aromatic carbocycles. The smallest absolute Gasteiger partial charge is 0.416 e. The molecule has 212 valence electrons. The van der Waals surface area contributed by atoms with Gasteiger partial charge in [0.05, 0.1) is 23.9 Å². The molecule has 1 aliphatic heterocycles. The lowest BCUT2D eigenvalue weighted by molar-refractivity contribution is -0.137. The van der Waals surface area contributed by atoms with Crippen molar-refractivity contribution in [2.75, 3.05) is 19.6 Å². The van der Waals surface area contributed by atoms with E-state index >= 15 is 0 Å². The van der Waals surface area contributed by atoms with Crippen molar-refractivity contribution in [1.29, 1.82) is 0 Å². The van der Waals surface area contributed by atoms with Gasteiger partial charge >= 0.3 is 6.18 Å². The molecule has 2 fully saturated rings. The Kier molecular flexibility index (Phi) is 7.95. The van der Waals surface area contributed by atoms with E-state index in [2.05, 4.69) is 20.5 Å². The number of alkyl halides is 3. The van der Waals surface area contributed by atoms with Gasteiger partial charge in [-0.15, -0.1) is 0 Å². The largest absolute Gasteiger partial charge is 0.445 e. The molecule has 0 spiro atoms. The second-order valence-electron chi connectivity index (χ2n) is 10.5. The number of nitrogens with one attached hydrogen (secondary N) is 2. The SMILES string of the molecule is O=C(CNC(=O)c1cccc(C(F)(F)F)c1)NC1CCN(C2CCC(O)(c3ccc(-c4ncco4)cc3)CC2)C1. The summed E-state index contributed by atoms with van der Waals surface area (Å²) >= 11 is 0. The van der Waals surface area contributed by atoms with Crippen LogP contribution in [-0.4, -0.2) is 58.5 Å². The first-order valence-electron chi connectivity index (χ1n) is 13.3. The molecule has 1 aromatic heterocycles. The number of carbonyl (C=O) groups is 2. The maximum absolute atomic E-state index is 12.9. The third-order valence-electron chi connectivity index (χ3n) is 7.85. The zero-order valence-corrected chi connectivity index (χ0v) is 21.8. The summed E-state index contributed by atoms with van der Waals surface area (Å²) < 4.78 is 44.0. The number of amides is 2. The highest BCUT2D eigenvalue weighted by molar-refractivity contribution is 5.96. The minimum atomic E-state index is -4.55. The van der Waals surface area contributed by atoms with E-state index in [9.17, 15) is 27.9 Å². The van der Waals surface area contributed by atoms with Gasteiger partial charge in [-0.3, -0.25) is 14.5 Å². The van der Waals surface area contributed by atoms with Crippen LogP contribution in [0.3, 0.4) is 0 Å². The van der Waals surface area contributed by atoms with Crippen molar-refractivity contribution >= 4 is 11.8 Å². The van der Waals surface area contributed by atoms with Crippen LogP contribution in [0, 0.1) is 0 Å². The first-order chi connectivity index (χ1) is 19.1. The van der Waals surface area contributed by atoms with Gasteiger partial charge in [0.15, 0.2) is 0 Å². The van der Waals surface area contributed by atoms with E-state index in [1.165, 1.54) is 12.3 Å². The number of carbonyl (C=O) groups excluding carboxylic acids is 2. The van der Waals surface area contributed by atoms with Gasteiger partial charge in [-0.2, -0.15) is 13.2 Å². The first kappa shape index (κ1) is 27.9. The zero-order valence-electron chi connectivity index (χ0n) is 21.8. The molecular formula is C29H31F3N4O4. The predicted octanol–water partition coefficient (Wildman–Crippen LogP) is 4.11. The van der Waals surface area contributed by atoms with Gasteiger partial charge in [-0.1, -0.05) is 18.2 Å². The van der Waals surface area contributed by atoms with E-state index in [4.69, 9.17) is 4.42 Å². The molecule has 5 rings (SSSR count). The van der Waals surface area contributed by atoms with Crippen molar-refractivity contribution in [3.63, 3.8) is 0 Å². The van der Waals surface area contributed by atoms with E-state index < -0.39 is 29.2 Å². The summed E-state index contributed by atoms with van der Waals surface area (Å²) in [5, 5.41) is 16.6. The number of rotatable bonds is 7. The van der Waals surface area contributed by atoms with Crippen molar-refractivity contribution < 1.29 is 32.3 Å². The number of halogens is 3. The Balaban J connectivity index is 1.06. The highest BCUT2D eigenvalue weighted by atomic mass is 19.4. The molecule has 1 atom stereocenters. The monoisotopic (exact) mass is 556 g/mol.